The molecule has 0 aromatic heterocycles. The fraction of sp³-hybridized carbons (Fsp3) is 0.278. The largest absolute Gasteiger partial charge is 0.327 e. The molecule has 120 valence electrons. The number of halogens is 2. The highest BCUT2D eigenvalue weighted by Gasteiger charge is 2.26. The number of quaternary nitrogens is 1. The molecule has 2 aromatic rings. The lowest BCUT2D eigenvalue weighted by molar-refractivity contribution is -0.837. The molecule has 1 N–H and O–H groups in total. The Bertz CT molecular complexity index is 707. The van der Waals surface area contributed by atoms with E-state index in [-0.39, 0.29) is 5.91 Å². The number of benzene rings is 2. The van der Waals surface area contributed by atoms with Crippen LogP contribution in [-0.2, 0) is 0 Å². The minimum absolute atomic E-state index is 0.0727. The van der Waals surface area contributed by atoms with E-state index in [0.717, 1.165) is 31.2 Å². The lowest BCUT2D eigenvalue weighted by Gasteiger charge is -2.32. The Morgan fingerprint density at radius 2 is 1.61 bits per heavy atom. The zero-order valence-electron chi connectivity index (χ0n) is 13.0. The lowest BCUT2D eigenvalue weighted by Crippen LogP contribution is -3.10. The first-order valence-electron chi connectivity index (χ1n) is 7.70. The highest BCUT2D eigenvalue weighted by atomic mass is 35.5. The van der Waals surface area contributed by atoms with Gasteiger partial charge in [0.1, 0.15) is 5.69 Å². The molecule has 1 amide bonds. The molecule has 0 unspecified atom stereocenters. The molecule has 0 atom stereocenters. The zero-order valence-corrected chi connectivity index (χ0v) is 14.5. The maximum Gasteiger partial charge on any atom is 0.254 e. The van der Waals surface area contributed by atoms with E-state index in [1.807, 2.05) is 17.0 Å². The highest BCUT2D eigenvalue weighted by Crippen LogP contribution is 2.17. The number of rotatable bonds is 2. The molecule has 1 fully saturated rings. The van der Waals surface area contributed by atoms with Crippen molar-refractivity contribution in [2.75, 3.05) is 26.2 Å². The van der Waals surface area contributed by atoms with E-state index in [4.69, 9.17) is 23.2 Å². The smallest absolute Gasteiger partial charge is 0.254 e. The first-order chi connectivity index (χ1) is 11.0. The lowest BCUT2D eigenvalue weighted by atomic mass is 10.1. The molecule has 0 saturated carbocycles. The van der Waals surface area contributed by atoms with Gasteiger partial charge in [-0.1, -0.05) is 29.3 Å². The Labute approximate surface area is 146 Å². The van der Waals surface area contributed by atoms with Gasteiger partial charge in [0.2, 0.25) is 0 Å². The van der Waals surface area contributed by atoms with E-state index in [9.17, 15) is 4.79 Å². The molecule has 2 aromatic carbocycles. The van der Waals surface area contributed by atoms with E-state index in [1.54, 1.807) is 24.3 Å². The normalized spacial score (nSPS) is 15.7. The standard InChI is InChI=1S/C18H18Cl2N2O/c1-13-2-5-16(20)12-17(13)21-8-10-22(11-9-21)18(23)14-3-6-15(19)7-4-14/h2-7,12H,8-11H2,1H3/p+1. The monoisotopic (exact) mass is 349 g/mol. The van der Waals surface area contributed by atoms with Crippen LogP contribution < -0.4 is 4.90 Å². The SMILES string of the molecule is Cc1ccc(Cl)cc1[NH+]1CCN(C(=O)c2ccc(Cl)cc2)CC1. The quantitative estimate of drug-likeness (QED) is 0.885. The van der Waals surface area contributed by atoms with Gasteiger partial charge >= 0.3 is 0 Å². The van der Waals surface area contributed by atoms with Gasteiger partial charge < -0.3 is 4.90 Å². The van der Waals surface area contributed by atoms with E-state index in [1.165, 1.54) is 16.2 Å². The Morgan fingerprint density at radius 1 is 1.00 bits per heavy atom. The fourth-order valence-corrected chi connectivity index (χ4v) is 3.30. The molecule has 0 radical (unpaired) electrons. The molecule has 1 aliphatic heterocycles. The van der Waals surface area contributed by atoms with E-state index in [2.05, 4.69) is 13.0 Å². The summed E-state index contributed by atoms with van der Waals surface area (Å²) in [5, 5.41) is 1.41. The Kier molecular flexibility index (Phi) is 4.90. The molecular weight excluding hydrogens is 331 g/mol. The number of nitrogens with one attached hydrogen (secondary N) is 1. The number of hydrogen-bond donors (Lipinski definition) is 1. The summed E-state index contributed by atoms with van der Waals surface area (Å²) in [7, 11) is 0. The highest BCUT2D eigenvalue weighted by molar-refractivity contribution is 6.31. The number of nitrogens with zero attached hydrogens (tertiary/aromatic N) is 1. The molecule has 5 heteroatoms. The van der Waals surface area contributed by atoms with Crippen LogP contribution in [0.3, 0.4) is 0 Å². The van der Waals surface area contributed by atoms with Gasteiger partial charge in [-0.15, -0.1) is 0 Å². The second-order valence-electron chi connectivity index (χ2n) is 5.86. The van der Waals surface area contributed by atoms with Gasteiger partial charge in [0.05, 0.1) is 26.2 Å². The van der Waals surface area contributed by atoms with E-state index in [0.29, 0.717) is 10.6 Å². The van der Waals surface area contributed by atoms with Crippen molar-refractivity contribution in [2.45, 2.75) is 6.92 Å². The summed E-state index contributed by atoms with van der Waals surface area (Å²) in [6, 6.07) is 13.1. The summed E-state index contributed by atoms with van der Waals surface area (Å²) in [5.74, 6) is 0.0727. The Balaban J connectivity index is 1.67. The predicted molar refractivity (Wildman–Crippen MR) is 93.9 cm³/mol. The number of amides is 1. The maximum atomic E-state index is 12.5. The molecular formula is C18H19Cl2N2O+. The van der Waals surface area contributed by atoms with Gasteiger partial charge in [-0.25, -0.2) is 0 Å². The average Bonchev–Trinajstić information content (AvgIpc) is 2.57. The summed E-state index contributed by atoms with van der Waals surface area (Å²) in [6.07, 6.45) is 0. The molecule has 1 heterocycles. The summed E-state index contributed by atoms with van der Waals surface area (Å²) < 4.78 is 0. The van der Waals surface area contributed by atoms with E-state index >= 15 is 0 Å². The van der Waals surface area contributed by atoms with Gasteiger partial charge in [-0.3, -0.25) is 9.69 Å². The first-order valence-corrected chi connectivity index (χ1v) is 8.46. The van der Waals surface area contributed by atoms with Gasteiger partial charge in [0.15, 0.2) is 0 Å². The van der Waals surface area contributed by atoms with Crippen LogP contribution in [0.4, 0.5) is 5.69 Å². The second kappa shape index (κ2) is 6.91. The Morgan fingerprint density at radius 3 is 2.26 bits per heavy atom. The van der Waals surface area contributed by atoms with Crippen molar-refractivity contribution in [1.82, 2.24) is 4.90 Å². The Hall–Kier alpha value is -1.55. The molecule has 0 spiro atoms. The first kappa shape index (κ1) is 16.3. The topological polar surface area (TPSA) is 24.8 Å². The number of carbonyl (C=O) groups excluding carboxylic acids is 1. The molecule has 3 nitrogen and oxygen atoms in total. The third-order valence-electron chi connectivity index (χ3n) is 4.33. The maximum absolute atomic E-state index is 12.5. The minimum atomic E-state index is 0.0727. The molecule has 1 saturated heterocycles. The van der Waals surface area contributed by atoms with Crippen molar-refractivity contribution in [3.63, 3.8) is 0 Å². The molecule has 0 aliphatic carbocycles. The van der Waals surface area contributed by atoms with Crippen LogP contribution in [0.5, 0.6) is 0 Å². The number of carbonyl (C=O) groups is 1. The van der Waals surface area contributed by atoms with Gasteiger partial charge in [0.25, 0.3) is 5.91 Å². The summed E-state index contributed by atoms with van der Waals surface area (Å²) >= 11 is 12.0. The fourth-order valence-electron chi connectivity index (χ4n) is 3.00. The zero-order chi connectivity index (χ0) is 16.4. The van der Waals surface area contributed by atoms with Gasteiger partial charge in [0, 0.05) is 27.2 Å². The van der Waals surface area contributed by atoms with Crippen molar-refractivity contribution < 1.29 is 9.69 Å². The number of hydrogen-bond acceptors (Lipinski definition) is 1. The minimum Gasteiger partial charge on any atom is -0.327 e. The van der Waals surface area contributed by atoms with Crippen LogP contribution >= 0.6 is 23.2 Å². The third kappa shape index (κ3) is 3.69. The van der Waals surface area contributed by atoms with Crippen molar-refractivity contribution in [2.24, 2.45) is 0 Å². The average molecular weight is 350 g/mol. The van der Waals surface area contributed by atoms with Crippen molar-refractivity contribution in [1.29, 1.82) is 0 Å². The molecule has 3 rings (SSSR count). The van der Waals surface area contributed by atoms with Crippen LogP contribution in [0.1, 0.15) is 15.9 Å². The number of piperazine rings is 1. The van der Waals surface area contributed by atoms with Crippen LogP contribution in [-0.4, -0.2) is 37.0 Å². The molecule has 1 aliphatic rings. The van der Waals surface area contributed by atoms with Crippen molar-refractivity contribution >= 4 is 34.8 Å². The van der Waals surface area contributed by atoms with Gasteiger partial charge in [-0.2, -0.15) is 0 Å². The summed E-state index contributed by atoms with van der Waals surface area (Å²) in [4.78, 5) is 15.8. The predicted octanol–water partition coefficient (Wildman–Crippen LogP) is 2.97. The van der Waals surface area contributed by atoms with Gasteiger partial charge in [-0.05, 0) is 37.3 Å². The number of aryl methyl sites for hydroxylation is 1. The van der Waals surface area contributed by atoms with Crippen molar-refractivity contribution in [3.05, 3.63) is 63.6 Å². The third-order valence-corrected chi connectivity index (χ3v) is 4.81. The molecule has 23 heavy (non-hydrogen) atoms. The van der Waals surface area contributed by atoms with Crippen molar-refractivity contribution in [3.8, 4) is 0 Å². The van der Waals surface area contributed by atoms with Crippen LogP contribution in [0.25, 0.3) is 0 Å². The van der Waals surface area contributed by atoms with Crippen LogP contribution in [0, 0.1) is 6.92 Å². The van der Waals surface area contributed by atoms with E-state index < -0.39 is 0 Å². The van der Waals surface area contributed by atoms with Crippen LogP contribution in [0.15, 0.2) is 42.5 Å². The van der Waals surface area contributed by atoms with Crippen LogP contribution in [0.2, 0.25) is 10.0 Å². The second-order valence-corrected chi connectivity index (χ2v) is 6.73. The summed E-state index contributed by atoms with van der Waals surface area (Å²) in [5.41, 5.74) is 3.16. The summed E-state index contributed by atoms with van der Waals surface area (Å²) in [6.45, 7) is 5.36. The molecule has 0 bridgehead atoms.